The minimum atomic E-state index is -0.418. The summed E-state index contributed by atoms with van der Waals surface area (Å²) in [4.78, 5) is 28.3. The fourth-order valence-electron chi connectivity index (χ4n) is 4.45. The molecule has 0 spiro atoms. The summed E-state index contributed by atoms with van der Waals surface area (Å²) in [7, 11) is 0. The molecule has 0 amide bonds. The first-order chi connectivity index (χ1) is 15.6. The lowest BCUT2D eigenvalue weighted by Gasteiger charge is -2.32. The van der Waals surface area contributed by atoms with Gasteiger partial charge in [-0.1, -0.05) is 29.4 Å². The molecule has 1 N–H and O–H groups in total. The summed E-state index contributed by atoms with van der Waals surface area (Å²) in [5.74, 6) is 0.751. The van der Waals surface area contributed by atoms with Crippen LogP contribution in [-0.2, 0) is 6.42 Å². The summed E-state index contributed by atoms with van der Waals surface area (Å²) in [6.07, 6.45) is 2.54. The van der Waals surface area contributed by atoms with Gasteiger partial charge in [-0.3, -0.25) is 14.7 Å². The summed E-state index contributed by atoms with van der Waals surface area (Å²) in [6, 6.07) is 16.2. The van der Waals surface area contributed by atoms with E-state index in [1.807, 2.05) is 34.9 Å². The van der Waals surface area contributed by atoms with Crippen LogP contribution < -0.4 is 5.69 Å². The molecule has 9 heteroatoms. The molecule has 1 aliphatic heterocycles. The summed E-state index contributed by atoms with van der Waals surface area (Å²) < 4.78 is 7.36. The average Bonchev–Trinajstić information content (AvgIpc) is 3.42. The van der Waals surface area contributed by atoms with Crippen molar-refractivity contribution in [1.29, 1.82) is 0 Å². The average molecular weight is 433 g/mol. The van der Waals surface area contributed by atoms with Gasteiger partial charge in [0.2, 0.25) is 0 Å². The van der Waals surface area contributed by atoms with Gasteiger partial charge in [0.1, 0.15) is 11.5 Å². The van der Waals surface area contributed by atoms with Crippen molar-refractivity contribution in [3.63, 3.8) is 0 Å². The van der Waals surface area contributed by atoms with Gasteiger partial charge >= 0.3 is 5.69 Å². The Morgan fingerprint density at radius 3 is 2.75 bits per heavy atom. The van der Waals surface area contributed by atoms with E-state index in [0.717, 1.165) is 49.3 Å². The Bertz CT molecular complexity index is 1310. The van der Waals surface area contributed by atoms with E-state index in [4.69, 9.17) is 4.52 Å². The minimum absolute atomic E-state index is 0.0317. The van der Waals surface area contributed by atoms with E-state index in [-0.39, 0.29) is 17.4 Å². The number of imidazole rings is 1. The molecule has 3 heterocycles. The van der Waals surface area contributed by atoms with Crippen molar-refractivity contribution in [2.24, 2.45) is 0 Å². The van der Waals surface area contributed by atoms with Crippen molar-refractivity contribution in [2.75, 3.05) is 19.6 Å². The minimum Gasteiger partial charge on any atom is -0.361 e. The van der Waals surface area contributed by atoms with Crippen LogP contribution in [0.4, 0.5) is 5.69 Å². The van der Waals surface area contributed by atoms with Gasteiger partial charge in [-0.15, -0.1) is 0 Å². The molecule has 9 nitrogen and oxygen atoms in total. The number of hydrogen-bond acceptors (Lipinski definition) is 6. The predicted octanol–water partition coefficient (Wildman–Crippen LogP) is 3.77. The molecule has 2 aromatic carbocycles. The summed E-state index contributed by atoms with van der Waals surface area (Å²) in [6.45, 7) is 2.64. The van der Waals surface area contributed by atoms with E-state index in [1.165, 1.54) is 12.1 Å². The zero-order chi connectivity index (χ0) is 22.1. The quantitative estimate of drug-likeness (QED) is 0.366. The second kappa shape index (κ2) is 8.43. The molecule has 0 unspecified atom stereocenters. The zero-order valence-corrected chi connectivity index (χ0v) is 17.4. The number of non-ortho nitro benzene ring substituents is 1. The Labute approximate surface area is 183 Å². The number of para-hydroxylation sites is 2. The first-order valence-electron chi connectivity index (χ1n) is 10.7. The smallest absolute Gasteiger partial charge is 0.326 e. The number of nitro benzene ring substituents is 1. The molecule has 0 aliphatic carbocycles. The van der Waals surface area contributed by atoms with Gasteiger partial charge in [-0.05, 0) is 25.0 Å². The van der Waals surface area contributed by atoms with Crippen molar-refractivity contribution in [1.82, 2.24) is 19.6 Å². The number of piperidine rings is 1. The number of fused-ring (bicyclic) bond motifs is 1. The standard InChI is InChI=1S/C23H23N5O4/c29-23-24-20-6-1-2-7-22(20)27(23)17-8-11-26(12-9-17)13-10-19-15-21(25-32-19)16-4-3-5-18(14-16)28(30)31/h1-7,14-15,17H,8-13H2,(H,24,29). The Balaban J connectivity index is 1.19. The van der Waals surface area contributed by atoms with Crippen molar-refractivity contribution < 1.29 is 9.45 Å². The number of hydrogen-bond donors (Lipinski definition) is 1. The highest BCUT2D eigenvalue weighted by molar-refractivity contribution is 5.75. The van der Waals surface area contributed by atoms with Crippen molar-refractivity contribution in [3.05, 3.63) is 81.0 Å². The molecule has 0 atom stereocenters. The molecule has 0 bridgehead atoms. The molecule has 164 valence electrons. The van der Waals surface area contributed by atoms with Gasteiger partial charge in [-0.2, -0.15) is 0 Å². The van der Waals surface area contributed by atoms with Gasteiger partial charge in [0.05, 0.1) is 16.0 Å². The first-order valence-corrected chi connectivity index (χ1v) is 10.7. The van der Waals surface area contributed by atoms with Crippen LogP contribution in [0, 0.1) is 10.1 Å². The van der Waals surface area contributed by atoms with E-state index < -0.39 is 4.92 Å². The lowest BCUT2D eigenvalue weighted by atomic mass is 10.0. The van der Waals surface area contributed by atoms with Crippen LogP contribution in [0.2, 0.25) is 0 Å². The van der Waals surface area contributed by atoms with Crippen LogP contribution in [0.5, 0.6) is 0 Å². The molecular weight excluding hydrogens is 410 g/mol. The molecule has 5 rings (SSSR count). The maximum absolute atomic E-state index is 12.4. The molecule has 32 heavy (non-hydrogen) atoms. The predicted molar refractivity (Wildman–Crippen MR) is 120 cm³/mol. The van der Waals surface area contributed by atoms with Gasteiger partial charge in [0.25, 0.3) is 5.69 Å². The first kappa shape index (κ1) is 20.2. The van der Waals surface area contributed by atoms with Crippen LogP contribution in [0.15, 0.2) is 63.9 Å². The zero-order valence-electron chi connectivity index (χ0n) is 17.4. The second-order valence-electron chi connectivity index (χ2n) is 8.13. The fraction of sp³-hybridized carbons (Fsp3) is 0.304. The lowest BCUT2D eigenvalue weighted by molar-refractivity contribution is -0.384. The van der Waals surface area contributed by atoms with Crippen LogP contribution >= 0.6 is 0 Å². The SMILES string of the molecule is O=c1[nH]c2ccccc2n1C1CCN(CCc2cc(-c3cccc([N+](=O)[O-])c3)no2)CC1. The monoisotopic (exact) mass is 433 g/mol. The van der Waals surface area contributed by atoms with Crippen LogP contribution in [0.3, 0.4) is 0 Å². The van der Waals surface area contributed by atoms with Gasteiger partial charge in [-0.25, -0.2) is 4.79 Å². The Kier molecular flexibility index (Phi) is 5.32. The molecule has 2 aromatic heterocycles. The van der Waals surface area contributed by atoms with E-state index in [2.05, 4.69) is 15.0 Å². The third-order valence-electron chi connectivity index (χ3n) is 6.13. The number of rotatable bonds is 6. The second-order valence-corrected chi connectivity index (χ2v) is 8.13. The Morgan fingerprint density at radius 1 is 1.12 bits per heavy atom. The van der Waals surface area contributed by atoms with E-state index in [9.17, 15) is 14.9 Å². The molecule has 4 aromatic rings. The van der Waals surface area contributed by atoms with Crippen molar-refractivity contribution >= 4 is 16.7 Å². The van der Waals surface area contributed by atoms with Crippen molar-refractivity contribution in [3.8, 4) is 11.3 Å². The fourth-order valence-corrected chi connectivity index (χ4v) is 4.45. The topological polar surface area (TPSA) is 110 Å². The number of likely N-dealkylation sites (tertiary alicyclic amines) is 1. The molecular formula is C23H23N5O4. The molecule has 1 fully saturated rings. The van der Waals surface area contributed by atoms with Crippen LogP contribution in [0.25, 0.3) is 22.3 Å². The number of nitrogens with one attached hydrogen (secondary N) is 1. The summed E-state index contributed by atoms with van der Waals surface area (Å²) >= 11 is 0. The highest BCUT2D eigenvalue weighted by Gasteiger charge is 2.23. The summed E-state index contributed by atoms with van der Waals surface area (Å²) in [5, 5.41) is 15.1. The van der Waals surface area contributed by atoms with E-state index in [1.54, 1.807) is 12.1 Å². The summed E-state index contributed by atoms with van der Waals surface area (Å²) in [5.41, 5.74) is 3.10. The number of nitro groups is 1. The van der Waals surface area contributed by atoms with Gasteiger partial charge in [0, 0.05) is 55.9 Å². The van der Waals surface area contributed by atoms with Gasteiger partial charge in [0.15, 0.2) is 0 Å². The number of benzene rings is 2. The maximum Gasteiger partial charge on any atom is 0.326 e. The van der Waals surface area contributed by atoms with Crippen LogP contribution in [0.1, 0.15) is 24.6 Å². The van der Waals surface area contributed by atoms with Gasteiger partial charge < -0.3 is 14.4 Å². The van der Waals surface area contributed by atoms with Crippen molar-refractivity contribution in [2.45, 2.75) is 25.3 Å². The molecule has 1 saturated heterocycles. The molecule has 1 aliphatic rings. The maximum atomic E-state index is 12.4. The molecule has 0 saturated carbocycles. The van der Waals surface area contributed by atoms with Crippen LogP contribution in [-0.4, -0.2) is 44.2 Å². The number of H-pyrrole nitrogens is 1. The Hall–Kier alpha value is -3.72. The highest BCUT2D eigenvalue weighted by atomic mass is 16.6. The lowest BCUT2D eigenvalue weighted by Crippen LogP contribution is -2.37. The number of aromatic amines is 1. The third-order valence-corrected chi connectivity index (χ3v) is 6.13. The highest BCUT2D eigenvalue weighted by Crippen LogP contribution is 2.26. The normalized spacial score (nSPS) is 15.4. The largest absolute Gasteiger partial charge is 0.361 e. The number of nitrogens with zero attached hydrogens (tertiary/aromatic N) is 4. The molecule has 0 radical (unpaired) electrons. The van der Waals surface area contributed by atoms with E-state index in [0.29, 0.717) is 17.7 Å². The Morgan fingerprint density at radius 2 is 1.94 bits per heavy atom. The number of aromatic nitrogens is 3. The third kappa shape index (κ3) is 3.94. The van der Waals surface area contributed by atoms with E-state index >= 15 is 0 Å².